The lowest BCUT2D eigenvalue weighted by Crippen LogP contribution is -2.59. The van der Waals surface area contributed by atoms with Gasteiger partial charge in [-0.25, -0.2) is 4.79 Å². The molecule has 2 saturated carbocycles. The number of Topliss-reactive ketones (excluding diaryl/α,β-unsaturated/α-hetero) is 1. The van der Waals surface area contributed by atoms with Crippen LogP contribution in [-0.4, -0.2) is 39.5 Å². The van der Waals surface area contributed by atoms with Crippen molar-refractivity contribution in [1.82, 2.24) is 9.88 Å². The Labute approximate surface area is 250 Å². The molecule has 0 spiro atoms. The topological polar surface area (TPSA) is 97.6 Å². The van der Waals surface area contributed by atoms with Crippen molar-refractivity contribution in [2.45, 2.75) is 75.8 Å². The lowest BCUT2D eigenvalue weighted by Gasteiger charge is -2.41. The van der Waals surface area contributed by atoms with Gasteiger partial charge in [-0.05, 0) is 85.5 Å². The van der Waals surface area contributed by atoms with Gasteiger partial charge in [0.1, 0.15) is 12.4 Å². The summed E-state index contributed by atoms with van der Waals surface area (Å²) in [5.41, 5.74) is 5.31. The Morgan fingerprint density at radius 2 is 1.65 bits per heavy atom. The zero-order chi connectivity index (χ0) is 29.6. The van der Waals surface area contributed by atoms with E-state index in [9.17, 15) is 19.5 Å². The van der Waals surface area contributed by atoms with Gasteiger partial charge in [0.25, 0.3) is 5.91 Å². The minimum Gasteiger partial charge on any atom is -0.491 e. The fraction of sp³-hybridized carbons (Fsp3) is 0.361. The molecule has 3 aliphatic rings. The largest absolute Gasteiger partial charge is 0.491 e. The van der Waals surface area contributed by atoms with Crippen LogP contribution in [0.3, 0.4) is 0 Å². The molecule has 0 unspecified atom stereocenters. The quantitative estimate of drug-likeness (QED) is 0.249. The Kier molecular flexibility index (Phi) is 7.04. The van der Waals surface area contributed by atoms with Crippen molar-refractivity contribution in [3.05, 3.63) is 89.0 Å². The number of carbonyl (C=O) groups is 3. The van der Waals surface area contributed by atoms with E-state index < -0.39 is 11.5 Å². The molecule has 2 heterocycles. The Morgan fingerprint density at radius 3 is 2.37 bits per heavy atom. The second-order valence-electron chi connectivity index (χ2n) is 12.3. The van der Waals surface area contributed by atoms with E-state index in [0.717, 1.165) is 28.8 Å². The molecule has 7 heteroatoms. The number of carboxylic acid groups (broad SMARTS) is 1. The maximum Gasteiger partial charge on any atom is 0.335 e. The van der Waals surface area contributed by atoms with E-state index in [2.05, 4.69) is 28.1 Å². The van der Waals surface area contributed by atoms with Crippen LogP contribution in [0.2, 0.25) is 0 Å². The average molecular weight is 577 g/mol. The predicted octanol–water partition coefficient (Wildman–Crippen LogP) is 6.91. The summed E-state index contributed by atoms with van der Waals surface area (Å²) < 4.78 is 8.51. The van der Waals surface area contributed by atoms with Gasteiger partial charge >= 0.3 is 5.97 Å². The fourth-order valence-electron chi connectivity index (χ4n) is 7.29. The molecule has 1 aliphatic heterocycles. The number of para-hydroxylation sites is 1. The van der Waals surface area contributed by atoms with E-state index >= 15 is 0 Å². The highest BCUT2D eigenvalue weighted by Crippen LogP contribution is 2.47. The number of ketones is 1. The molecule has 2 N–H and O–H groups in total. The third-order valence-corrected chi connectivity index (χ3v) is 9.75. The molecule has 4 aromatic rings. The number of nitrogens with one attached hydrogen (secondary N) is 1. The van der Waals surface area contributed by atoms with Gasteiger partial charge in [-0.3, -0.25) is 9.59 Å². The van der Waals surface area contributed by atoms with Crippen molar-refractivity contribution in [1.29, 1.82) is 0 Å². The second kappa shape index (κ2) is 11.0. The lowest BCUT2D eigenvalue weighted by molar-refractivity contribution is -0.127. The van der Waals surface area contributed by atoms with Gasteiger partial charge in [-0.2, -0.15) is 0 Å². The summed E-state index contributed by atoms with van der Waals surface area (Å²) in [5.74, 6) is 0.0956. The van der Waals surface area contributed by atoms with Crippen molar-refractivity contribution >= 4 is 28.6 Å². The average Bonchev–Trinajstić information content (AvgIpc) is 3.20. The molecule has 7 rings (SSSR count). The van der Waals surface area contributed by atoms with Gasteiger partial charge in [-0.15, -0.1) is 0 Å². The molecule has 1 aromatic heterocycles. The number of aromatic carboxylic acids is 1. The first-order valence-electron chi connectivity index (χ1n) is 15.5. The summed E-state index contributed by atoms with van der Waals surface area (Å²) in [6, 6.07) is 20.7. The zero-order valence-electron chi connectivity index (χ0n) is 24.2. The highest BCUT2D eigenvalue weighted by atomic mass is 16.5. The minimum absolute atomic E-state index is 0.0406. The van der Waals surface area contributed by atoms with E-state index in [1.807, 2.05) is 24.3 Å². The summed E-state index contributed by atoms with van der Waals surface area (Å²) in [6.07, 6.45) is 8.31. The van der Waals surface area contributed by atoms with Crippen LogP contribution in [-0.2, 0) is 17.8 Å². The molecule has 7 nitrogen and oxygen atoms in total. The number of rotatable bonds is 7. The molecule has 2 aliphatic carbocycles. The van der Waals surface area contributed by atoms with Crippen LogP contribution in [0.15, 0.2) is 66.7 Å². The number of nitrogens with zero attached hydrogens (tertiary/aromatic N) is 1. The molecule has 220 valence electrons. The lowest BCUT2D eigenvalue weighted by atomic mass is 9.72. The number of hydrogen-bond acceptors (Lipinski definition) is 4. The molecule has 1 amide bonds. The van der Waals surface area contributed by atoms with Crippen LogP contribution in [0.5, 0.6) is 5.75 Å². The number of amides is 1. The number of aromatic nitrogens is 1. The minimum atomic E-state index is -1.000. The Morgan fingerprint density at radius 1 is 0.907 bits per heavy atom. The highest BCUT2D eigenvalue weighted by Gasteiger charge is 2.45. The normalized spacial score (nSPS) is 17.6. The first-order valence-corrected chi connectivity index (χ1v) is 15.5. The maximum atomic E-state index is 13.8. The molecule has 43 heavy (non-hydrogen) atoms. The third kappa shape index (κ3) is 4.90. The van der Waals surface area contributed by atoms with Crippen LogP contribution in [0.1, 0.15) is 89.1 Å². The number of carbonyl (C=O) groups excluding carboxylic acids is 2. The summed E-state index contributed by atoms with van der Waals surface area (Å²) in [5, 5.41) is 13.5. The Bertz CT molecular complexity index is 1720. The molecule has 0 atom stereocenters. The van der Waals surface area contributed by atoms with E-state index in [4.69, 9.17) is 4.74 Å². The number of fused-ring (bicyclic) bond motifs is 5. The van der Waals surface area contributed by atoms with Crippen LogP contribution >= 0.6 is 0 Å². The predicted molar refractivity (Wildman–Crippen MR) is 165 cm³/mol. The molecule has 3 aromatic carbocycles. The van der Waals surface area contributed by atoms with Crippen molar-refractivity contribution in [3.63, 3.8) is 0 Å². The number of ether oxygens (including phenoxy) is 1. The van der Waals surface area contributed by atoms with Crippen LogP contribution < -0.4 is 10.1 Å². The van der Waals surface area contributed by atoms with E-state index in [1.165, 1.54) is 60.9 Å². The van der Waals surface area contributed by atoms with Crippen LogP contribution in [0.25, 0.3) is 22.2 Å². The van der Waals surface area contributed by atoms with Crippen molar-refractivity contribution < 1.29 is 24.2 Å². The summed E-state index contributed by atoms with van der Waals surface area (Å²) >= 11 is 0. The summed E-state index contributed by atoms with van der Waals surface area (Å²) in [4.78, 5) is 38.4. The van der Waals surface area contributed by atoms with Crippen molar-refractivity contribution in [3.8, 4) is 17.0 Å². The summed E-state index contributed by atoms with van der Waals surface area (Å²) in [6.45, 7) is 1.25. The fourth-order valence-corrected chi connectivity index (χ4v) is 7.29. The SMILES string of the molecule is O=C(O)c1ccc(CC(=O)C2(NC(=O)c3ccc4c(C5CCCCC5)c5n(c4c3)CCOc3ccccc3-5)CCC2)cc1. The van der Waals surface area contributed by atoms with Gasteiger partial charge in [0.05, 0.1) is 23.3 Å². The highest BCUT2D eigenvalue weighted by molar-refractivity contribution is 6.04. The van der Waals surface area contributed by atoms with E-state index in [-0.39, 0.29) is 23.7 Å². The van der Waals surface area contributed by atoms with Gasteiger partial charge in [0.2, 0.25) is 0 Å². The smallest absolute Gasteiger partial charge is 0.335 e. The first-order chi connectivity index (χ1) is 20.9. The van der Waals surface area contributed by atoms with Gasteiger partial charge in [-0.1, -0.05) is 49.6 Å². The number of hydrogen-bond donors (Lipinski definition) is 2. The van der Waals surface area contributed by atoms with E-state index in [1.54, 1.807) is 12.1 Å². The van der Waals surface area contributed by atoms with Crippen LogP contribution in [0, 0.1) is 0 Å². The Balaban J connectivity index is 1.21. The number of benzene rings is 3. The monoisotopic (exact) mass is 576 g/mol. The second-order valence-corrected chi connectivity index (χ2v) is 12.3. The van der Waals surface area contributed by atoms with Crippen molar-refractivity contribution in [2.75, 3.05) is 6.61 Å². The zero-order valence-corrected chi connectivity index (χ0v) is 24.2. The molecule has 0 saturated heterocycles. The molecular weight excluding hydrogens is 540 g/mol. The number of carboxylic acids is 1. The maximum absolute atomic E-state index is 13.8. The van der Waals surface area contributed by atoms with Gasteiger partial charge in [0.15, 0.2) is 5.78 Å². The van der Waals surface area contributed by atoms with Gasteiger partial charge in [0, 0.05) is 28.5 Å². The summed E-state index contributed by atoms with van der Waals surface area (Å²) in [7, 11) is 0. The molecule has 0 radical (unpaired) electrons. The van der Waals surface area contributed by atoms with Gasteiger partial charge < -0.3 is 19.7 Å². The van der Waals surface area contributed by atoms with Crippen molar-refractivity contribution in [2.24, 2.45) is 0 Å². The van der Waals surface area contributed by atoms with Crippen LogP contribution in [0.4, 0.5) is 0 Å². The molecular formula is C36H36N2O5. The molecule has 2 fully saturated rings. The standard InChI is InChI=1S/C36H36N2O5/c39-31(21-23-11-13-25(14-12-23)35(41)42)36(17-6-18-36)37-34(40)26-15-16-27-29(22-26)38-19-20-43-30-10-5-4-9-28(30)33(38)32(27)24-7-2-1-3-8-24/h4-5,9-16,22,24H,1-3,6-8,17-21H2,(H,37,40)(H,41,42). The third-order valence-electron chi connectivity index (χ3n) is 9.75. The first kappa shape index (κ1) is 27.4. The molecule has 0 bridgehead atoms. The Hall–Kier alpha value is -4.39. The van der Waals surface area contributed by atoms with E-state index in [0.29, 0.717) is 37.5 Å².